The third-order valence-corrected chi connectivity index (χ3v) is 2.04. The van der Waals surface area contributed by atoms with Gasteiger partial charge in [-0.25, -0.2) is 4.98 Å². The number of hydrogen-bond acceptors (Lipinski definition) is 3. The number of hydrogen-bond donors (Lipinski definition) is 0. The fraction of sp³-hybridized carbons (Fsp3) is 0.400. The number of pyridine rings is 1. The molecule has 0 saturated carbocycles. The smallest absolute Gasteiger partial charge is 0.151 e. The molecule has 0 amide bonds. The molecule has 13 heavy (non-hydrogen) atoms. The van der Waals surface area contributed by atoms with Gasteiger partial charge in [0, 0.05) is 25.4 Å². The van der Waals surface area contributed by atoms with E-state index in [2.05, 4.69) is 11.9 Å². The first kappa shape index (κ1) is 9.71. The Bertz CT molecular complexity index is 310. The molecule has 0 aromatic carbocycles. The Hall–Kier alpha value is -1.38. The normalized spacial score (nSPS) is 9.77. The van der Waals surface area contributed by atoms with Gasteiger partial charge in [0.1, 0.15) is 5.82 Å². The van der Waals surface area contributed by atoms with Crippen molar-refractivity contribution in [2.45, 2.75) is 13.8 Å². The van der Waals surface area contributed by atoms with Crippen LogP contribution in [0.15, 0.2) is 12.3 Å². The van der Waals surface area contributed by atoms with Crippen LogP contribution in [-0.2, 0) is 0 Å². The fourth-order valence-corrected chi connectivity index (χ4v) is 1.20. The van der Waals surface area contributed by atoms with Crippen molar-refractivity contribution in [2.24, 2.45) is 0 Å². The minimum absolute atomic E-state index is 0.630. The van der Waals surface area contributed by atoms with Crippen LogP contribution in [0.25, 0.3) is 0 Å². The van der Waals surface area contributed by atoms with Crippen LogP contribution in [0.1, 0.15) is 22.8 Å². The Kier molecular flexibility index (Phi) is 3.01. The lowest BCUT2D eigenvalue weighted by atomic mass is 10.2. The average molecular weight is 178 g/mol. The minimum atomic E-state index is 0.630. The first-order valence-corrected chi connectivity index (χ1v) is 4.32. The van der Waals surface area contributed by atoms with E-state index in [1.165, 1.54) is 0 Å². The lowest BCUT2D eigenvalue weighted by molar-refractivity contribution is 0.112. The average Bonchev–Trinajstić information content (AvgIpc) is 2.16. The summed E-state index contributed by atoms with van der Waals surface area (Å²) in [7, 11) is 1.98. The summed E-state index contributed by atoms with van der Waals surface area (Å²) in [6, 6.07) is 1.85. The largest absolute Gasteiger partial charge is 0.360 e. The van der Waals surface area contributed by atoms with Gasteiger partial charge in [0.2, 0.25) is 0 Å². The summed E-state index contributed by atoms with van der Waals surface area (Å²) < 4.78 is 0. The van der Waals surface area contributed by atoms with E-state index in [1.807, 2.05) is 24.9 Å². The van der Waals surface area contributed by atoms with E-state index >= 15 is 0 Å². The highest BCUT2D eigenvalue weighted by Gasteiger charge is 2.04. The quantitative estimate of drug-likeness (QED) is 0.660. The Morgan fingerprint density at radius 2 is 2.31 bits per heavy atom. The number of aldehydes is 1. The molecule has 1 heterocycles. The van der Waals surface area contributed by atoms with E-state index in [-0.39, 0.29) is 0 Å². The fourth-order valence-electron chi connectivity index (χ4n) is 1.20. The van der Waals surface area contributed by atoms with Crippen molar-refractivity contribution < 1.29 is 4.79 Å². The van der Waals surface area contributed by atoms with E-state index in [0.717, 1.165) is 24.2 Å². The molecule has 70 valence electrons. The summed E-state index contributed by atoms with van der Waals surface area (Å²) in [4.78, 5) is 16.7. The maximum atomic E-state index is 10.5. The van der Waals surface area contributed by atoms with Crippen molar-refractivity contribution in [1.29, 1.82) is 0 Å². The molecule has 0 fully saturated rings. The van der Waals surface area contributed by atoms with Gasteiger partial charge in [-0.2, -0.15) is 0 Å². The Morgan fingerprint density at radius 3 is 2.77 bits per heavy atom. The number of carbonyl (C=O) groups is 1. The van der Waals surface area contributed by atoms with Gasteiger partial charge >= 0.3 is 0 Å². The molecule has 1 aromatic heterocycles. The van der Waals surface area contributed by atoms with Crippen LogP contribution >= 0.6 is 0 Å². The lowest BCUT2D eigenvalue weighted by Crippen LogP contribution is -2.18. The molecule has 1 rings (SSSR count). The predicted octanol–water partition coefficient (Wildman–Crippen LogP) is 1.66. The molecule has 0 radical (unpaired) electrons. The molecule has 0 unspecified atom stereocenters. The van der Waals surface area contributed by atoms with Crippen LogP contribution in [0, 0.1) is 6.92 Å². The van der Waals surface area contributed by atoms with Gasteiger partial charge < -0.3 is 4.90 Å². The molecular formula is C10H14N2O. The molecular weight excluding hydrogens is 164 g/mol. The number of aryl methyl sites for hydroxylation is 1. The van der Waals surface area contributed by atoms with E-state index in [1.54, 1.807) is 6.20 Å². The van der Waals surface area contributed by atoms with E-state index in [4.69, 9.17) is 0 Å². The number of nitrogens with zero attached hydrogens (tertiary/aromatic N) is 2. The van der Waals surface area contributed by atoms with Crippen molar-refractivity contribution in [3.63, 3.8) is 0 Å². The Morgan fingerprint density at radius 1 is 1.62 bits per heavy atom. The number of anilines is 1. The van der Waals surface area contributed by atoms with E-state index in [0.29, 0.717) is 5.56 Å². The van der Waals surface area contributed by atoms with Crippen LogP contribution in [0.2, 0.25) is 0 Å². The maximum Gasteiger partial charge on any atom is 0.151 e. The van der Waals surface area contributed by atoms with Crippen LogP contribution in [0.4, 0.5) is 5.82 Å². The highest BCUT2D eigenvalue weighted by Crippen LogP contribution is 2.15. The van der Waals surface area contributed by atoms with Crippen molar-refractivity contribution in [3.05, 3.63) is 23.4 Å². The highest BCUT2D eigenvalue weighted by molar-refractivity contribution is 5.75. The zero-order chi connectivity index (χ0) is 9.84. The molecule has 0 aliphatic heterocycles. The Labute approximate surface area is 78.4 Å². The monoisotopic (exact) mass is 178 g/mol. The van der Waals surface area contributed by atoms with E-state index in [9.17, 15) is 4.79 Å². The second-order valence-corrected chi connectivity index (χ2v) is 3.04. The SMILES string of the molecule is CCN(C)c1ncc(C=O)cc1C. The van der Waals surface area contributed by atoms with Crippen LogP contribution in [0.3, 0.4) is 0 Å². The van der Waals surface area contributed by atoms with Crippen LogP contribution in [-0.4, -0.2) is 24.9 Å². The molecule has 0 N–H and O–H groups in total. The van der Waals surface area contributed by atoms with Gasteiger partial charge in [0.25, 0.3) is 0 Å². The van der Waals surface area contributed by atoms with Crippen molar-refractivity contribution in [2.75, 3.05) is 18.5 Å². The maximum absolute atomic E-state index is 10.5. The third-order valence-electron chi connectivity index (χ3n) is 2.04. The number of carbonyl (C=O) groups excluding carboxylic acids is 1. The molecule has 0 bridgehead atoms. The first-order valence-electron chi connectivity index (χ1n) is 4.32. The van der Waals surface area contributed by atoms with Crippen molar-refractivity contribution in [1.82, 2.24) is 4.98 Å². The van der Waals surface area contributed by atoms with Crippen molar-refractivity contribution >= 4 is 12.1 Å². The molecule has 0 aliphatic rings. The summed E-state index contributed by atoms with van der Waals surface area (Å²) in [6.45, 7) is 4.94. The molecule has 0 spiro atoms. The molecule has 3 nitrogen and oxygen atoms in total. The molecule has 1 aromatic rings. The Balaban J connectivity index is 3.04. The number of aromatic nitrogens is 1. The number of rotatable bonds is 3. The topological polar surface area (TPSA) is 33.2 Å². The van der Waals surface area contributed by atoms with Gasteiger partial charge in [-0.05, 0) is 25.5 Å². The van der Waals surface area contributed by atoms with E-state index < -0.39 is 0 Å². The van der Waals surface area contributed by atoms with Crippen molar-refractivity contribution in [3.8, 4) is 0 Å². The highest BCUT2D eigenvalue weighted by atomic mass is 16.1. The lowest BCUT2D eigenvalue weighted by Gasteiger charge is -2.17. The van der Waals surface area contributed by atoms with Gasteiger partial charge in [0.15, 0.2) is 6.29 Å². The summed E-state index contributed by atoms with van der Waals surface area (Å²) in [5.41, 5.74) is 1.67. The minimum Gasteiger partial charge on any atom is -0.360 e. The summed E-state index contributed by atoms with van der Waals surface area (Å²) in [5.74, 6) is 0.938. The molecule has 0 saturated heterocycles. The predicted molar refractivity (Wildman–Crippen MR) is 53.3 cm³/mol. The third kappa shape index (κ3) is 2.05. The second kappa shape index (κ2) is 4.03. The standard InChI is InChI=1S/C10H14N2O/c1-4-12(3)10-8(2)5-9(7-13)6-11-10/h5-7H,4H2,1-3H3. The molecule has 0 aliphatic carbocycles. The summed E-state index contributed by atoms with van der Waals surface area (Å²) in [6.07, 6.45) is 2.41. The van der Waals surface area contributed by atoms with Gasteiger partial charge in [-0.1, -0.05) is 0 Å². The van der Waals surface area contributed by atoms with Gasteiger partial charge in [-0.3, -0.25) is 4.79 Å². The second-order valence-electron chi connectivity index (χ2n) is 3.04. The molecule has 0 atom stereocenters. The van der Waals surface area contributed by atoms with Crippen LogP contribution in [0.5, 0.6) is 0 Å². The first-order chi connectivity index (χ1) is 6.19. The zero-order valence-corrected chi connectivity index (χ0v) is 8.24. The summed E-state index contributed by atoms with van der Waals surface area (Å²) in [5, 5.41) is 0. The van der Waals surface area contributed by atoms with Gasteiger partial charge in [0.05, 0.1) is 0 Å². The van der Waals surface area contributed by atoms with Gasteiger partial charge in [-0.15, -0.1) is 0 Å². The molecule has 3 heteroatoms. The van der Waals surface area contributed by atoms with Crippen LogP contribution < -0.4 is 4.90 Å². The zero-order valence-electron chi connectivity index (χ0n) is 8.24. The summed E-state index contributed by atoms with van der Waals surface area (Å²) >= 11 is 0.